The van der Waals surface area contributed by atoms with Gasteiger partial charge in [0, 0.05) is 45.2 Å². The zero-order valence-corrected chi connectivity index (χ0v) is 58.8. The first-order valence-electron chi connectivity index (χ1n) is 34.6. The summed E-state index contributed by atoms with van der Waals surface area (Å²) in [5.41, 5.74) is 13.4. The molecule has 11 rings (SSSR count). The predicted molar refractivity (Wildman–Crippen MR) is 385 cm³/mol. The van der Waals surface area contributed by atoms with E-state index in [2.05, 4.69) is 162 Å². The third-order valence-corrected chi connectivity index (χ3v) is 25.7. The van der Waals surface area contributed by atoms with Crippen LogP contribution >= 0.6 is 56.7 Å². The molecule has 0 saturated carbocycles. The molecule has 6 aromatic heterocycles. The minimum absolute atomic E-state index is 0.0196. The summed E-state index contributed by atoms with van der Waals surface area (Å²) in [5.74, 6) is 0.763. The molecule has 8 aromatic rings. The summed E-state index contributed by atoms with van der Waals surface area (Å²) in [6, 6.07) is 33.6. The van der Waals surface area contributed by atoms with Crippen molar-refractivity contribution < 1.29 is 9.59 Å². The topological polar surface area (TPSA) is 45.6 Å². The highest BCUT2D eigenvalue weighted by molar-refractivity contribution is 7.32. The van der Waals surface area contributed by atoms with E-state index in [1.54, 1.807) is 22.7 Å². The van der Waals surface area contributed by atoms with Crippen molar-refractivity contribution in [2.24, 2.45) is 18.9 Å². The minimum atomic E-state index is -0.562. The van der Waals surface area contributed by atoms with E-state index >= 15 is 9.59 Å². The number of amides is 2. The predicted octanol–water partition coefficient (Wildman–Crippen LogP) is 23.9. The van der Waals surface area contributed by atoms with Gasteiger partial charge in [-0.1, -0.05) is 206 Å². The monoisotopic (exact) mass is 1270 g/mol. The van der Waals surface area contributed by atoms with Gasteiger partial charge in [0.05, 0.1) is 67.9 Å². The number of aromatic nitrogens is 1. The van der Waals surface area contributed by atoms with Crippen LogP contribution in [0.5, 0.6) is 0 Å². The van der Waals surface area contributed by atoms with Gasteiger partial charge in [-0.15, -0.1) is 56.7 Å². The van der Waals surface area contributed by atoms with Gasteiger partial charge in [0.1, 0.15) is 0 Å². The molecule has 0 radical (unpaired) electrons. The van der Waals surface area contributed by atoms with Gasteiger partial charge in [0.15, 0.2) is 0 Å². The van der Waals surface area contributed by atoms with Crippen LogP contribution < -0.4 is 0 Å². The van der Waals surface area contributed by atoms with Gasteiger partial charge in [-0.25, -0.2) is 0 Å². The molecular formula is C78H99N3O2S5. The zero-order valence-electron chi connectivity index (χ0n) is 54.7. The summed E-state index contributed by atoms with van der Waals surface area (Å²) in [4.78, 5) is 46.0. The molecule has 2 unspecified atom stereocenters. The number of rotatable bonds is 35. The molecule has 10 heteroatoms. The Kier molecular flexibility index (Phi) is 21.8. The van der Waals surface area contributed by atoms with Gasteiger partial charge in [0.25, 0.3) is 11.8 Å². The molecule has 0 fully saturated rings. The molecule has 8 heterocycles. The van der Waals surface area contributed by atoms with Crippen LogP contribution in [-0.2, 0) is 34.9 Å². The molecule has 88 heavy (non-hydrogen) atoms. The number of hydrogen-bond donors (Lipinski definition) is 0. The molecule has 0 bridgehead atoms. The largest absolute Gasteiger partial charge is 0.342 e. The normalized spacial score (nSPS) is 15.4. The van der Waals surface area contributed by atoms with Crippen molar-refractivity contribution in [3.8, 4) is 19.5 Å². The lowest BCUT2D eigenvalue weighted by Gasteiger charge is -2.33. The Bertz CT molecular complexity index is 3680. The van der Waals surface area contributed by atoms with Crippen molar-refractivity contribution in [2.75, 3.05) is 13.1 Å². The van der Waals surface area contributed by atoms with Gasteiger partial charge < -0.3 is 14.4 Å². The minimum Gasteiger partial charge on any atom is -0.342 e. The first-order valence-corrected chi connectivity index (χ1v) is 38.7. The number of carbonyl (C=O) groups is 2. The number of thiophene rings is 5. The Morgan fingerprint density at radius 3 is 1.41 bits per heavy atom. The molecule has 2 aromatic carbocycles. The van der Waals surface area contributed by atoms with Gasteiger partial charge in [-0.3, -0.25) is 9.59 Å². The number of benzene rings is 2. The first kappa shape index (κ1) is 64.7. The van der Waals surface area contributed by atoms with Crippen LogP contribution in [0.1, 0.15) is 249 Å². The van der Waals surface area contributed by atoms with Crippen molar-refractivity contribution in [1.29, 1.82) is 0 Å². The Hall–Kier alpha value is -4.84. The summed E-state index contributed by atoms with van der Waals surface area (Å²) in [6.07, 6.45) is 30.8. The Balaban J connectivity index is 1.07. The van der Waals surface area contributed by atoms with Crippen LogP contribution in [0.2, 0.25) is 0 Å². The van der Waals surface area contributed by atoms with Crippen LogP contribution in [0, 0.1) is 25.7 Å². The van der Waals surface area contributed by atoms with Crippen molar-refractivity contribution in [2.45, 2.75) is 228 Å². The van der Waals surface area contributed by atoms with E-state index in [1.807, 2.05) is 34.0 Å². The molecule has 0 saturated heterocycles. The molecule has 1 aliphatic carbocycles. The maximum Gasteiger partial charge on any atom is 0.261 e. The van der Waals surface area contributed by atoms with Gasteiger partial charge in [-0.2, -0.15) is 0 Å². The molecular weight excluding hydrogens is 1170 g/mol. The number of carbonyl (C=O) groups excluding carboxylic acids is 2. The quantitative estimate of drug-likeness (QED) is 0.0372. The second-order valence-electron chi connectivity index (χ2n) is 26.3. The van der Waals surface area contributed by atoms with Crippen LogP contribution in [0.15, 0.2) is 96.1 Å². The van der Waals surface area contributed by atoms with Crippen LogP contribution in [0.4, 0.5) is 0 Å². The molecule has 468 valence electrons. The number of fused-ring (bicyclic) bond motifs is 8. The lowest BCUT2D eigenvalue weighted by Crippen LogP contribution is -2.34. The molecule has 0 spiro atoms. The zero-order chi connectivity index (χ0) is 61.5. The molecule has 2 amide bonds. The maximum atomic E-state index is 16.0. The van der Waals surface area contributed by atoms with Crippen molar-refractivity contribution >= 4 is 100 Å². The maximum absolute atomic E-state index is 16.0. The number of aryl methyl sites for hydroxylation is 5. The van der Waals surface area contributed by atoms with E-state index in [4.69, 9.17) is 0 Å². The van der Waals surface area contributed by atoms with Crippen molar-refractivity contribution in [3.05, 3.63) is 149 Å². The van der Waals surface area contributed by atoms with Crippen molar-refractivity contribution in [1.82, 2.24) is 14.4 Å². The fourth-order valence-electron chi connectivity index (χ4n) is 14.9. The average Bonchev–Trinajstić information content (AvgIpc) is 1.51. The van der Waals surface area contributed by atoms with E-state index in [0.29, 0.717) is 36.1 Å². The second-order valence-corrected chi connectivity index (χ2v) is 32.0. The Morgan fingerprint density at radius 1 is 0.432 bits per heavy atom. The molecule has 5 nitrogen and oxygen atoms in total. The smallest absolute Gasteiger partial charge is 0.261 e. The van der Waals surface area contributed by atoms with E-state index in [-0.39, 0.29) is 11.8 Å². The average molecular weight is 1270 g/mol. The third kappa shape index (κ3) is 12.9. The van der Waals surface area contributed by atoms with Crippen molar-refractivity contribution in [3.63, 3.8) is 0 Å². The second kappa shape index (κ2) is 29.6. The summed E-state index contributed by atoms with van der Waals surface area (Å²) in [5, 5.41) is 0. The SMILES string of the molecule is CCCCCCc1ccc(C2(c3ccc(CCCCCC)cc3)c3cc(-c4ccc(C5=C6C(=O)N(CC(CCCC)CCCCCC)C(c7ccc(C)s7)=C6C(=O)N5CC(CCCC)CCCCCC)s4)sc3-c3sc4c5sc(C)cc5n(C)c4c32)cc1. The van der Waals surface area contributed by atoms with Gasteiger partial charge in [-0.05, 0) is 141 Å². The number of nitrogens with zero attached hydrogens (tertiary/aromatic N) is 3. The molecule has 2 atom stereocenters. The van der Waals surface area contributed by atoms with Crippen LogP contribution in [-0.4, -0.2) is 39.3 Å². The fraction of sp³-hybridized carbons (Fsp3) is 0.513. The summed E-state index contributed by atoms with van der Waals surface area (Å²) in [6.45, 7) is 19.4. The molecule has 0 N–H and O–H groups in total. The summed E-state index contributed by atoms with van der Waals surface area (Å²) in [7, 11) is 2.31. The number of hydrogen-bond acceptors (Lipinski definition) is 7. The van der Waals surface area contributed by atoms with Crippen LogP contribution in [0.25, 0.3) is 51.3 Å². The highest BCUT2D eigenvalue weighted by Gasteiger charge is 2.53. The van der Waals surface area contributed by atoms with E-state index < -0.39 is 5.41 Å². The Labute approximate surface area is 548 Å². The van der Waals surface area contributed by atoms with E-state index in [1.165, 1.54) is 186 Å². The third-order valence-electron chi connectivity index (χ3n) is 19.7. The molecule has 3 aliphatic rings. The summed E-state index contributed by atoms with van der Waals surface area (Å²) >= 11 is 9.41. The number of unbranched alkanes of at least 4 members (excludes halogenated alkanes) is 14. The van der Waals surface area contributed by atoms with E-state index in [9.17, 15) is 0 Å². The molecule has 2 aliphatic heterocycles. The fourth-order valence-corrected chi connectivity index (χ4v) is 21.0. The summed E-state index contributed by atoms with van der Waals surface area (Å²) < 4.78 is 5.31. The van der Waals surface area contributed by atoms with Crippen LogP contribution in [0.3, 0.4) is 0 Å². The van der Waals surface area contributed by atoms with E-state index in [0.717, 1.165) is 85.4 Å². The standard InChI is InChI=1S/C78H99N3O2S5/c1-10-16-22-26-32-54-37-41-58(42-38-54)78(59-43-39-55(40-44-59)33-27-23-17-11-2)60-49-65(87-72(60)74-68(78)71-75(88-74)73-61(79(71)9)48-53(8)85-73)62-46-47-64(86-62)70-67-66(76(82)81(70)51-57(31-21-15-6)35-29-25-19-13-4)69(63-45-36-52(7)84-63)80(77(67)83)50-56(30-20-14-5)34-28-24-18-12-3/h36-49,56-57H,10-35,50-51H2,1-9H3. The first-order chi connectivity index (χ1) is 43.0. The highest BCUT2D eigenvalue weighted by atomic mass is 32.1. The lowest BCUT2D eigenvalue weighted by molar-refractivity contribution is -0.124. The van der Waals surface area contributed by atoms with Gasteiger partial charge >= 0.3 is 0 Å². The highest BCUT2D eigenvalue weighted by Crippen LogP contribution is 2.65. The van der Waals surface area contributed by atoms with Gasteiger partial charge in [0.2, 0.25) is 0 Å². The Morgan fingerprint density at radius 2 is 0.909 bits per heavy atom. The lowest BCUT2D eigenvalue weighted by atomic mass is 9.68.